The van der Waals surface area contributed by atoms with Gasteiger partial charge in [-0.2, -0.15) is 0 Å². The number of pyridine rings is 1. The minimum Gasteiger partial charge on any atom is -0.466 e. The molecule has 0 unspecified atom stereocenters. The van der Waals surface area contributed by atoms with Crippen LogP contribution in [0.15, 0.2) is 48.7 Å². The summed E-state index contributed by atoms with van der Waals surface area (Å²) in [7, 11) is 0. The van der Waals surface area contributed by atoms with Crippen LogP contribution in [0.2, 0.25) is 0 Å². The maximum Gasteiger partial charge on any atom is 0.309 e. The number of ether oxygens (including phenoxy) is 1. The van der Waals surface area contributed by atoms with Crippen molar-refractivity contribution in [3.63, 3.8) is 0 Å². The molecule has 146 valence electrons. The van der Waals surface area contributed by atoms with Gasteiger partial charge in [0.15, 0.2) is 0 Å². The zero-order chi connectivity index (χ0) is 19.5. The number of nitrogens with two attached hydrogens (primary N) is 1. The molecule has 0 saturated carbocycles. The lowest BCUT2D eigenvalue weighted by Crippen LogP contribution is -2.36. The predicted octanol–water partition coefficient (Wildman–Crippen LogP) is 3.36. The highest BCUT2D eigenvalue weighted by atomic mass is 16.5. The third-order valence-corrected chi connectivity index (χ3v) is 5.37. The highest BCUT2D eigenvalue weighted by Crippen LogP contribution is 2.28. The molecule has 4 rings (SSSR count). The maximum absolute atomic E-state index is 12.0. The van der Waals surface area contributed by atoms with Gasteiger partial charge >= 0.3 is 5.97 Å². The normalized spacial score (nSPS) is 15.8. The number of nitrogen functional groups attached to an aromatic ring is 1. The molecule has 1 aliphatic heterocycles. The zero-order valence-corrected chi connectivity index (χ0v) is 16.2. The number of anilines is 1. The lowest BCUT2D eigenvalue weighted by atomic mass is 9.97. The summed E-state index contributed by atoms with van der Waals surface area (Å²) in [6.45, 7) is 4.81. The van der Waals surface area contributed by atoms with Gasteiger partial charge in [0.05, 0.1) is 23.9 Å². The van der Waals surface area contributed by atoms with Crippen molar-refractivity contribution >= 4 is 17.3 Å². The van der Waals surface area contributed by atoms with E-state index < -0.39 is 0 Å². The van der Waals surface area contributed by atoms with Gasteiger partial charge in [-0.15, -0.1) is 0 Å². The molecule has 0 aliphatic carbocycles. The summed E-state index contributed by atoms with van der Waals surface area (Å²) >= 11 is 0. The van der Waals surface area contributed by atoms with Crippen molar-refractivity contribution in [1.29, 1.82) is 0 Å². The summed E-state index contributed by atoms with van der Waals surface area (Å²) in [5, 5.41) is 0. The minimum atomic E-state index is -0.0605. The molecular weight excluding hydrogens is 352 g/mol. The van der Waals surface area contributed by atoms with E-state index in [-0.39, 0.29) is 11.9 Å². The molecule has 2 aromatic heterocycles. The molecule has 3 aromatic rings. The van der Waals surface area contributed by atoms with Crippen molar-refractivity contribution in [1.82, 2.24) is 14.3 Å². The third-order valence-electron chi connectivity index (χ3n) is 5.37. The fourth-order valence-corrected chi connectivity index (χ4v) is 3.89. The molecule has 0 spiro atoms. The second-order valence-corrected chi connectivity index (χ2v) is 7.27. The van der Waals surface area contributed by atoms with Crippen molar-refractivity contribution < 1.29 is 9.53 Å². The number of benzene rings is 1. The van der Waals surface area contributed by atoms with Crippen molar-refractivity contribution in [2.75, 3.05) is 25.4 Å². The quantitative estimate of drug-likeness (QED) is 0.689. The molecular formula is C22H26N4O2. The van der Waals surface area contributed by atoms with Gasteiger partial charge in [0.1, 0.15) is 5.65 Å². The number of imidazole rings is 1. The number of nitrogens with zero attached hydrogens (tertiary/aromatic N) is 3. The smallest absolute Gasteiger partial charge is 0.309 e. The SMILES string of the molecule is CCOC(=O)C1CCN(Cc2c(-c3ccccc3)nc3ccc(N)cn23)CC1. The summed E-state index contributed by atoms with van der Waals surface area (Å²) in [6.07, 6.45) is 3.60. The fraction of sp³-hybridized carbons (Fsp3) is 0.364. The lowest BCUT2D eigenvalue weighted by molar-refractivity contribution is -0.149. The first-order valence-electron chi connectivity index (χ1n) is 9.86. The number of hydrogen-bond acceptors (Lipinski definition) is 5. The van der Waals surface area contributed by atoms with Gasteiger partial charge in [-0.25, -0.2) is 4.98 Å². The van der Waals surface area contributed by atoms with Gasteiger partial charge in [0.2, 0.25) is 0 Å². The average Bonchev–Trinajstić information content (AvgIpc) is 3.07. The van der Waals surface area contributed by atoms with Gasteiger partial charge in [-0.1, -0.05) is 30.3 Å². The van der Waals surface area contributed by atoms with Crippen LogP contribution in [0.4, 0.5) is 5.69 Å². The number of esters is 1. The molecule has 0 radical (unpaired) electrons. The highest BCUT2D eigenvalue weighted by molar-refractivity contribution is 5.72. The predicted molar refractivity (Wildman–Crippen MR) is 110 cm³/mol. The van der Waals surface area contributed by atoms with E-state index in [1.807, 2.05) is 43.5 Å². The van der Waals surface area contributed by atoms with E-state index in [0.717, 1.165) is 55.1 Å². The van der Waals surface area contributed by atoms with Crippen LogP contribution in [0.25, 0.3) is 16.9 Å². The number of piperidine rings is 1. The van der Waals surface area contributed by atoms with Gasteiger partial charge < -0.3 is 14.9 Å². The van der Waals surface area contributed by atoms with Crippen LogP contribution in [0.1, 0.15) is 25.5 Å². The fourth-order valence-electron chi connectivity index (χ4n) is 3.89. The zero-order valence-electron chi connectivity index (χ0n) is 16.2. The summed E-state index contributed by atoms with van der Waals surface area (Å²) in [5.74, 6) is -0.0441. The highest BCUT2D eigenvalue weighted by Gasteiger charge is 2.27. The van der Waals surface area contributed by atoms with Crippen LogP contribution in [0.3, 0.4) is 0 Å². The molecule has 0 bridgehead atoms. The Morgan fingerprint density at radius 2 is 1.93 bits per heavy atom. The summed E-state index contributed by atoms with van der Waals surface area (Å²) in [4.78, 5) is 19.3. The van der Waals surface area contributed by atoms with Gasteiger partial charge in [0.25, 0.3) is 0 Å². The van der Waals surface area contributed by atoms with E-state index in [2.05, 4.69) is 21.4 Å². The van der Waals surface area contributed by atoms with E-state index in [9.17, 15) is 4.79 Å². The number of hydrogen-bond donors (Lipinski definition) is 1. The van der Waals surface area contributed by atoms with E-state index in [0.29, 0.717) is 12.3 Å². The second-order valence-electron chi connectivity index (χ2n) is 7.27. The summed E-state index contributed by atoms with van der Waals surface area (Å²) in [6, 6.07) is 14.1. The number of likely N-dealkylation sites (tertiary alicyclic amines) is 1. The first-order valence-corrected chi connectivity index (χ1v) is 9.86. The number of fused-ring (bicyclic) bond motifs is 1. The monoisotopic (exact) mass is 378 g/mol. The Balaban J connectivity index is 1.60. The Bertz CT molecular complexity index is 959. The Morgan fingerprint density at radius 3 is 2.64 bits per heavy atom. The van der Waals surface area contributed by atoms with E-state index in [4.69, 9.17) is 15.5 Å². The standard InChI is InChI=1S/C22H26N4O2/c1-2-28-22(27)17-10-12-25(13-11-17)15-19-21(16-6-4-3-5-7-16)24-20-9-8-18(23)14-26(19)20/h3-9,14,17H,2,10-13,15,23H2,1H3. The molecule has 1 saturated heterocycles. The Morgan fingerprint density at radius 1 is 1.18 bits per heavy atom. The number of carbonyl (C=O) groups is 1. The molecule has 2 N–H and O–H groups in total. The molecule has 6 heteroatoms. The molecule has 0 atom stereocenters. The number of rotatable bonds is 5. The minimum absolute atomic E-state index is 0.0163. The second kappa shape index (κ2) is 8.02. The van der Waals surface area contributed by atoms with E-state index >= 15 is 0 Å². The Hall–Kier alpha value is -2.86. The van der Waals surface area contributed by atoms with Crippen LogP contribution < -0.4 is 5.73 Å². The van der Waals surface area contributed by atoms with Crippen LogP contribution in [-0.4, -0.2) is 40.0 Å². The van der Waals surface area contributed by atoms with Crippen molar-refractivity contribution in [3.05, 3.63) is 54.4 Å². The Kier molecular flexibility index (Phi) is 5.30. The molecule has 6 nitrogen and oxygen atoms in total. The summed E-state index contributed by atoms with van der Waals surface area (Å²) < 4.78 is 7.28. The van der Waals surface area contributed by atoms with Crippen molar-refractivity contribution in [3.8, 4) is 11.3 Å². The van der Waals surface area contributed by atoms with Crippen LogP contribution >= 0.6 is 0 Å². The first-order chi connectivity index (χ1) is 13.7. The van der Waals surface area contributed by atoms with Gasteiger partial charge in [0, 0.05) is 24.0 Å². The maximum atomic E-state index is 12.0. The number of aromatic nitrogens is 2. The largest absolute Gasteiger partial charge is 0.466 e. The van der Waals surface area contributed by atoms with Crippen LogP contribution in [0.5, 0.6) is 0 Å². The van der Waals surface area contributed by atoms with Crippen LogP contribution in [-0.2, 0) is 16.1 Å². The van der Waals surface area contributed by atoms with Crippen molar-refractivity contribution in [2.24, 2.45) is 5.92 Å². The molecule has 28 heavy (non-hydrogen) atoms. The van der Waals surface area contributed by atoms with Crippen LogP contribution in [0, 0.1) is 5.92 Å². The molecule has 0 amide bonds. The molecule has 1 aliphatic rings. The molecule has 1 fully saturated rings. The molecule has 1 aromatic carbocycles. The van der Waals surface area contributed by atoms with Gasteiger partial charge in [-0.3, -0.25) is 9.69 Å². The average molecular weight is 378 g/mol. The third kappa shape index (κ3) is 3.73. The number of carbonyl (C=O) groups excluding carboxylic acids is 1. The molecule has 3 heterocycles. The first kappa shape index (κ1) is 18.5. The van der Waals surface area contributed by atoms with E-state index in [1.54, 1.807) is 0 Å². The topological polar surface area (TPSA) is 72.9 Å². The van der Waals surface area contributed by atoms with Gasteiger partial charge in [-0.05, 0) is 45.0 Å². The van der Waals surface area contributed by atoms with E-state index in [1.165, 1.54) is 0 Å². The lowest BCUT2D eigenvalue weighted by Gasteiger charge is -2.30. The Labute approximate surface area is 164 Å². The summed E-state index contributed by atoms with van der Waals surface area (Å²) in [5.41, 5.74) is 10.9. The van der Waals surface area contributed by atoms with Crippen molar-refractivity contribution in [2.45, 2.75) is 26.3 Å².